The fourth-order valence-electron chi connectivity index (χ4n) is 0.895. The Morgan fingerprint density at radius 3 is 2.15 bits per heavy atom. The van der Waals surface area contributed by atoms with Crippen molar-refractivity contribution in [1.29, 1.82) is 0 Å². The summed E-state index contributed by atoms with van der Waals surface area (Å²) in [6, 6.07) is 5.09. The monoisotopic (exact) mass is 308 g/mol. The average Bonchev–Trinajstić information content (AvgIpc) is 2.03. The number of aliphatic hydroxyl groups is 1. The highest BCUT2D eigenvalue weighted by Crippen LogP contribution is 2.30. The fraction of sp³-hybridized carbons (Fsp3) is 0.125. The van der Waals surface area contributed by atoms with Crippen molar-refractivity contribution in [2.45, 2.75) is 6.10 Å². The lowest BCUT2D eigenvalue weighted by atomic mass is 10.1. The average molecular weight is 310 g/mol. The van der Waals surface area contributed by atoms with E-state index in [9.17, 15) is 9.90 Å². The van der Waals surface area contributed by atoms with Crippen LogP contribution in [-0.2, 0) is 4.79 Å². The smallest absolute Gasteiger partial charge is 0.337 e. The van der Waals surface area contributed by atoms with Crippen LogP contribution in [0.2, 0.25) is 0 Å². The maximum Gasteiger partial charge on any atom is 0.337 e. The molecule has 1 atom stereocenters. The van der Waals surface area contributed by atoms with Crippen LogP contribution in [0.15, 0.2) is 27.1 Å². The SMILES string of the molecule is O=C(O)[C@H](O)c1c(Br)cccc1Br. The van der Waals surface area contributed by atoms with Crippen molar-refractivity contribution in [3.63, 3.8) is 0 Å². The zero-order valence-electron chi connectivity index (χ0n) is 6.37. The van der Waals surface area contributed by atoms with Crippen molar-refractivity contribution in [2.75, 3.05) is 0 Å². The van der Waals surface area contributed by atoms with Gasteiger partial charge in [-0.2, -0.15) is 0 Å². The topological polar surface area (TPSA) is 57.5 Å². The van der Waals surface area contributed by atoms with E-state index in [-0.39, 0.29) is 0 Å². The Bertz CT molecular complexity index is 318. The highest BCUT2D eigenvalue weighted by atomic mass is 79.9. The summed E-state index contributed by atoms with van der Waals surface area (Å²) in [5, 5.41) is 17.9. The minimum atomic E-state index is -1.51. The quantitative estimate of drug-likeness (QED) is 0.881. The van der Waals surface area contributed by atoms with Gasteiger partial charge in [0.2, 0.25) is 0 Å². The Kier molecular flexibility index (Phi) is 3.47. The summed E-state index contributed by atoms with van der Waals surface area (Å²) in [7, 11) is 0. The Morgan fingerprint density at radius 2 is 1.77 bits per heavy atom. The molecule has 1 rings (SSSR count). The molecule has 0 amide bonds. The van der Waals surface area contributed by atoms with E-state index in [4.69, 9.17) is 5.11 Å². The predicted octanol–water partition coefficient (Wildman–Crippen LogP) is 2.33. The van der Waals surface area contributed by atoms with Crippen LogP contribution in [-0.4, -0.2) is 16.2 Å². The Hall–Kier alpha value is -0.390. The summed E-state index contributed by atoms with van der Waals surface area (Å²) in [6.07, 6.45) is -1.51. The van der Waals surface area contributed by atoms with Crippen LogP contribution in [0.4, 0.5) is 0 Å². The molecule has 0 heterocycles. The van der Waals surface area contributed by atoms with Gasteiger partial charge in [0.05, 0.1) is 0 Å². The summed E-state index contributed by atoms with van der Waals surface area (Å²) >= 11 is 6.33. The van der Waals surface area contributed by atoms with Gasteiger partial charge in [-0.05, 0) is 12.1 Å². The van der Waals surface area contributed by atoms with Gasteiger partial charge < -0.3 is 10.2 Å². The third-order valence-corrected chi connectivity index (χ3v) is 2.89. The van der Waals surface area contributed by atoms with Gasteiger partial charge in [-0.25, -0.2) is 4.79 Å². The first-order chi connectivity index (χ1) is 6.04. The molecule has 5 heteroatoms. The molecule has 70 valence electrons. The maximum atomic E-state index is 10.5. The lowest BCUT2D eigenvalue weighted by Gasteiger charge is -2.09. The number of carboxylic acid groups (broad SMARTS) is 1. The first kappa shape index (κ1) is 10.7. The number of carbonyl (C=O) groups is 1. The highest BCUT2D eigenvalue weighted by molar-refractivity contribution is 9.11. The molecule has 3 nitrogen and oxygen atoms in total. The Labute approximate surface area is 91.6 Å². The van der Waals surface area contributed by atoms with Crippen LogP contribution in [0.25, 0.3) is 0 Å². The molecule has 0 spiro atoms. The minimum absolute atomic E-state index is 0.329. The fourth-order valence-corrected chi connectivity index (χ4v) is 2.33. The standard InChI is InChI=1S/C8H6Br2O3/c9-4-2-1-3-5(10)6(4)7(11)8(12)13/h1-3,7,11H,(H,12,13)/t7-/m1/s1. The molecule has 2 N–H and O–H groups in total. The lowest BCUT2D eigenvalue weighted by molar-refractivity contribution is -0.147. The number of hydrogen-bond acceptors (Lipinski definition) is 2. The Morgan fingerprint density at radius 1 is 1.31 bits per heavy atom. The number of hydrogen-bond donors (Lipinski definition) is 2. The zero-order chi connectivity index (χ0) is 10.0. The number of benzene rings is 1. The number of rotatable bonds is 2. The number of aliphatic carboxylic acids is 1. The first-order valence-corrected chi connectivity index (χ1v) is 4.97. The molecule has 0 saturated carbocycles. The van der Waals surface area contributed by atoms with E-state index in [1.54, 1.807) is 18.2 Å². The summed E-state index contributed by atoms with van der Waals surface area (Å²) in [6.45, 7) is 0. The first-order valence-electron chi connectivity index (χ1n) is 3.39. The van der Waals surface area contributed by atoms with Gasteiger partial charge >= 0.3 is 5.97 Å². The Balaban J connectivity index is 3.20. The molecule has 1 aromatic carbocycles. The van der Waals surface area contributed by atoms with Gasteiger partial charge in [0, 0.05) is 14.5 Å². The summed E-state index contributed by atoms with van der Waals surface area (Å²) in [5.74, 6) is -1.27. The molecule has 0 aliphatic carbocycles. The lowest BCUT2D eigenvalue weighted by Crippen LogP contribution is -2.11. The summed E-state index contributed by atoms with van der Waals surface area (Å²) in [5.41, 5.74) is 0.329. The molecule has 1 aromatic rings. The predicted molar refractivity (Wildman–Crippen MR) is 54.4 cm³/mol. The number of halogens is 2. The number of aliphatic hydroxyl groups excluding tert-OH is 1. The van der Waals surface area contributed by atoms with Gasteiger partial charge in [0.25, 0.3) is 0 Å². The normalized spacial score (nSPS) is 12.5. The maximum absolute atomic E-state index is 10.5. The van der Waals surface area contributed by atoms with Crippen LogP contribution >= 0.6 is 31.9 Å². The van der Waals surface area contributed by atoms with Gasteiger partial charge in [0.1, 0.15) is 0 Å². The largest absolute Gasteiger partial charge is 0.479 e. The molecule has 0 saturated heterocycles. The van der Waals surface area contributed by atoms with E-state index < -0.39 is 12.1 Å². The highest BCUT2D eigenvalue weighted by Gasteiger charge is 2.20. The summed E-state index contributed by atoms with van der Waals surface area (Å²) in [4.78, 5) is 10.5. The van der Waals surface area contributed by atoms with E-state index >= 15 is 0 Å². The van der Waals surface area contributed by atoms with Crippen LogP contribution < -0.4 is 0 Å². The molecule has 0 unspecified atom stereocenters. The molecular weight excluding hydrogens is 304 g/mol. The van der Waals surface area contributed by atoms with Crippen molar-refractivity contribution >= 4 is 37.8 Å². The van der Waals surface area contributed by atoms with E-state index in [1.165, 1.54) is 0 Å². The van der Waals surface area contributed by atoms with Crippen molar-refractivity contribution in [1.82, 2.24) is 0 Å². The molecule has 0 radical (unpaired) electrons. The van der Waals surface area contributed by atoms with Gasteiger partial charge in [-0.1, -0.05) is 37.9 Å². The van der Waals surface area contributed by atoms with Crippen molar-refractivity contribution < 1.29 is 15.0 Å². The molecule has 0 bridgehead atoms. The van der Waals surface area contributed by atoms with Crippen molar-refractivity contribution in [3.05, 3.63) is 32.7 Å². The summed E-state index contributed by atoms with van der Waals surface area (Å²) < 4.78 is 1.13. The van der Waals surface area contributed by atoms with Crippen LogP contribution in [0.1, 0.15) is 11.7 Å². The van der Waals surface area contributed by atoms with Gasteiger partial charge in [-0.3, -0.25) is 0 Å². The van der Waals surface area contributed by atoms with E-state index in [2.05, 4.69) is 31.9 Å². The molecule has 0 fully saturated rings. The third-order valence-electron chi connectivity index (χ3n) is 1.51. The second-order valence-corrected chi connectivity index (χ2v) is 4.08. The second kappa shape index (κ2) is 4.21. The minimum Gasteiger partial charge on any atom is -0.479 e. The van der Waals surface area contributed by atoms with Crippen molar-refractivity contribution in [3.8, 4) is 0 Å². The number of carboxylic acids is 1. The second-order valence-electron chi connectivity index (χ2n) is 2.38. The zero-order valence-corrected chi connectivity index (χ0v) is 9.54. The van der Waals surface area contributed by atoms with Gasteiger partial charge in [0.15, 0.2) is 6.10 Å². The third kappa shape index (κ3) is 2.30. The van der Waals surface area contributed by atoms with E-state index in [0.717, 1.165) is 0 Å². The molecule has 13 heavy (non-hydrogen) atoms. The molecule has 0 aliphatic rings. The van der Waals surface area contributed by atoms with Gasteiger partial charge in [-0.15, -0.1) is 0 Å². The van der Waals surface area contributed by atoms with Crippen molar-refractivity contribution in [2.24, 2.45) is 0 Å². The molecule has 0 aliphatic heterocycles. The van der Waals surface area contributed by atoms with E-state index in [1.807, 2.05) is 0 Å². The van der Waals surface area contributed by atoms with Crippen LogP contribution in [0, 0.1) is 0 Å². The van der Waals surface area contributed by atoms with E-state index in [0.29, 0.717) is 14.5 Å². The van der Waals surface area contributed by atoms with Crippen LogP contribution in [0.5, 0.6) is 0 Å². The molecular formula is C8H6Br2O3. The molecule has 0 aromatic heterocycles. The van der Waals surface area contributed by atoms with Crippen LogP contribution in [0.3, 0.4) is 0 Å².